The molecule has 0 spiro atoms. The number of nitrogens with one attached hydrogen (secondary N) is 1. The van der Waals surface area contributed by atoms with E-state index in [1.54, 1.807) is 24.4 Å². The summed E-state index contributed by atoms with van der Waals surface area (Å²) in [4.78, 5) is 26.3. The van der Waals surface area contributed by atoms with Gasteiger partial charge in [-0.15, -0.1) is 0 Å². The van der Waals surface area contributed by atoms with Crippen LogP contribution in [0.2, 0.25) is 0 Å². The number of carbonyl (C=O) groups excluding carboxylic acids is 1. The molecule has 0 unspecified atom stereocenters. The number of amides is 1. The maximum atomic E-state index is 12.0. The molecule has 1 aromatic heterocycles. The largest absolute Gasteiger partial charge is 0.273 e. The summed E-state index contributed by atoms with van der Waals surface area (Å²) in [5.41, 5.74) is 3.32. The molecule has 2 aromatic rings. The predicted molar refractivity (Wildman–Crippen MR) is 77.1 cm³/mol. The zero-order chi connectivity index (χ0) is 15.2. The van der Waals surface area contributed by atoms with Crippen molar-refractivity contribution in [3.8, 4) is 0 Å². The van der Waals surface area contributed by atoms with Crippen LogP contribution in [0.4, 0.5) is 5.69 Å². The van der Waals surface area contributed by atoms with Gasteiger partial charge in [-0.3, -0.25) is 19.9 Å². The molecule has 1 N–H and O–H groups in total. The molecule has 2 rings (SSSR count). The van der Waals surface area contributed by atoms with Gasteiger partial charge in [0, 0.05) is 17.8 Å². The number of aromatic nitrogens is 1. The molecule has 0 aliphatic heterocycles. The minimum absolute atomic E-state index is 0.101. The highest BCUT2D eigenvalue weighted by Crippen LogP contribution is 2.20. The number of nitro groups is 1. The Labute approximate surface area is 120 Å². The lowest BCUT2D eigenvalue weighted by Crippen LogP contribution is -2.19. The average Bonchev–Trinajstić information content (AvgIpc) is 2.48. The molecule has 7 heteroatoms. The first-order valence-corrected chi connectivity index (χ1v) is 6.08. The SMILES string of the molecule is Cc1c(C(=O)N/N=C/c2ccccn2)cccc1[N+](=O)[O-]. The van der Waals surface area contributed by atoms with Crippen LogP contribution in [-0.2, 0) is 0 Å². The first kappa shape index (κ1) is 14.3. The first-order chi connectivity index (χ1) is 10.1. The lowest BCUT2D eigenvalue weighted by Gasteiger charge is -2.04. The highest BCUT2D eigenvalue weighted by molar-refractivity contribution is 5.97. The quantitative estimate of drug-likeness (QED) is 0.528. The van der Waals surface area contributed by atoms with Gasteiger partial charge in [-0.05, 0) is 25.1 Å². The molecule has 0 radical (unpaired) electrons. The van der Waals surface area contributed by atoms with E-state index in [4.69, 9.17) is 0 Å². The molecular weight excluding hydrogens is 272 g/mol. The maximum Gasteiger partial charge on any atom is 0.273 e. The summed E-state index contributed by atoms with van der Waals surface area (Å²) in [6, 6.07) is 9.61. The van der Waals surface area contributed by atoms with E-state index >= 15 is 0 Å². The molecule has 1 amide bonds. The Hall–Kier alpha value is -3.09. The van der Waals surface area contributed by atoms with Gasteiger partial charge in [0.2, 0.25) is 0 Å². The third-order valence-corrected chi connectivity index (χ3v) is 2.80. The van der Waals surface area contributed by atoms with Gasteiger partial charge in [-0.1, -0.05) is 12.1 Å². The molecule has 21 heavy (non-hydrogen) atoms. The fourth-order valence-corrected chi connectivity index (χ4v) is 1.74. The van der Waals surface area contributed by atoms with Crippen LogP contribution in [0.1, 0.15) is 21.6 Å². The van der Waals surface area contributed by atoms with Crippen LogP contribution in [-0.4, -0.2) is 22.0 Å². The number of nitro benzene ring substituents is 1. The minimum Gasteiger partial charge on any atom is -0.267 e. The number of pyridine rings is 1. The summed E-state index contributed by atoms with van der Waals surface area (Å²) in [5.74, 6) is -0.511. The number of rotatable bonds is 4. The Morgan fingerprint density at radius 1 is 1.33 bits per heavy atom. The second-order valence-electron chi connectivity index (χ2n) is 4.16. The van der Waals surface area contributed by atoms with Gasteiger partial charge in [0.15, 0.2) is 0 Å². The van der Waals surface area contributed by atoms with E-state index in [9.17, 15) is 14.9 Å². The Kier molecular flexibility index (Phi) is 4.35. The van der Waals surface area contributed by atoms with E-state index in [2.05, 4.69) is 15.5 Å². The molecule has 1 heterocycles. The van der Waals surface area contributed by atoms with Crippen molar-refractivity contribution in [3.05, 3.63) is 69.5 Å². The number of benzene rings is 1. The fraction of sp³-hybridized carbons (Fsp3) is 0.0714. The lowest BCUT2D eigenvalue weighted by molar-refractivity contribution is -0.385. The van der Waals surface area contributed by atoms with Gasteiger partial charge in [-0.25, -0.2) is 5.43 Å². The van der Waals surface area contributed by atoms with Crippen molar-refractivity contribution in [2.75, 3.05) is 0 Å². The fourth-order valence-electron chi connectivity index (χ4n) is 1.74. The van der Waals surface area contributed by atoms with E-state index in [1.807, 2.05) is 0 Å². The number of hydrazone groups is 1. The van der Waals surface area contributed by atoms with Crippen molar-refractivity contribution in [2.45, 2.75) is 6.92 Å². The monoisotopic (exact) mass is 284 g/mol. The Morgan fingerprint density at radius 2 is 2.14 bits per heavy atom. The van der Waals surface area contributed by atoms with E-state index in [-0.39, 0.29) is 11.3 Å². The van der Waals surface area contributed by atoms with Crippen molar-refractivity contribution in [1.29, 1.82) is 0 Å². The topological polar surface area (TPSA) is 97.5 Å². The van der Waals surface area contributed by atoms with Gasteiger partial charge < -0.3 is 0 Å². The summed E-state index contributed by atoms with van der Waals surface area (Å²) in [6.07, 6.45) is 3.00. The number of carbonyl (C=O) groups is 1. The summed E-state index contributed by atoms with van der Waals surface area (Å²) < 4.78 is 0. The number of hydrogen-bond acceptors (Lipinski definition) is 5. The summed E-state index contributed by atoms with van der Waals surface area (Å²) in [6.45, 7) is 1.52. The van der Waals surface area contributed by atoms with Gasteiger partial charge in [0.05, 0.1) is 22.4 Å². The highest BCUT2D eigenvalue weighted by Gasteiger charge is 2.17. The van der Waals surface area contributed by atoms with Gasteiger partial charge >= 0.3 is 0 Å². The normalized spacial score (nSPS) is 10.5. The third-order valence-electron chi connectivity index (χ3n) is 2.80. The van der Waals surface area contributed by atoms with E-state index < -0.39 is 10.8 Å². The van der Waals surface area contributed by atoms with Crippen LogP contribution in [0.15, 0.2) is 47.7 Å². The lowest BCUT2D eigenvalue weighted by atomic mass is 10.1. The maximum absolute atomic E-state index is 12.0. The van der Waals surface area contributed by atoms with Crippen molar-refractivity contribution in [2.24, 2.45) is 5.10 Å². The highest BCUT2D eigenvalue weighted by atomic mass is 16.6. The van der Waals surface area contributed by atoms with Gasteiger partial charge in [0.1, 0.15) is 0 Å². The van der Waals surface area contributed by atoms with E-state index in [0.29, 0.717) is 11.3 Å². The Balaban J connectivity index is 2.13. The van der Waals surface area contributed by atoms with Crippen LogP contribution in [0.3, 0.4) is 0 Å². The van der Waals surface area contributed by atoms with Crippen LogP contribution in [0.5, 0.6) is 0 Å². The molecule has 0 atom stereocenters. The smallest absolute Gasteiger partial charge is 0.267 e. The number of hydrogen-bond donors (Lipinski definition) is 1. The molecule has 0 saturated heterocycles. The Bertz CT molecular complexity index is 699. The molecule has 7 nitrogen and oxygen atoms in total. The second-order valence-corrected chi connectivity index (χ2v) is 4.16. The third kappa shape index (κ3) is 3.47. The standard InChI is InChI=1S/C14H12N4O3/c1-10-12(6-4-7-13(10)18(20)21)14(19)17-16-9-11-5-2-3-8-15-11/h2-9H,1H3,(H,17,19)/b16-9+. The summed E-state index contributed by atoms with van der Waals surface area (Å²) in [5, 5.41) is 14.6. The van der Waals surface area contributed by atoms with Crippen molar-refractivity contribution < 1.29 is 9.72 Å². The predicted octanol–water partition coefficient (Wildman–Crippen LogP) is 2.06. The molecule has 0 aliphatic rings. The molecule has 0 fully saturated rings. The second kappa shape index (κ2) is 6.38. The first-order valence-electron chi connectivity index (χ1n) is 6.08. The minimum atomic E-state index is -0.525. The molecule has 0 saturated carbocycles. The molecule has 106 valence electrons. The van der Waals surface area contributed by atoms with Gasteiger partial charge in [-0.2, -0.15) is 5.10 Å². The van der Waals surface area contributed by atoms with Crippen molar-refractivity contribution in [1.82, 2.24) is 10.4 Å². The summed E-state index contributed by atoms with van der Waals surface area (Å²) >= 11 is 0. The summed E-state index contributed by atoms with van der Waals surface area (Å²) in [7, 11) is 0. The zero-order valence-corrected chi connectivity index (χ0v) is 11.2. The van der Waals surface area contributed by atoms with Crippen molar-refractivity contribution >= 4 is 17.8 Å². The number of nitrogens with zero attached hydrogens (tertiary/aromatic N) is 3. The van der Waals surface area contributed by atoms with Crippen LogP contribution in [0, 0.1) is 17.0 Å². The van der Waals surface area contributed by atoms with Gasteiger partial charge in [0.25, 0.3) is 11.6 Å². The molecular formula is C14H12N4O3. The zero-order valence-electron chi connectivity index (χ0n) is 11.2. The van der Waals surface area contributed by atoms with Crippen LogP contribution >= 0.6 is 0 Å². The van der Waals surface area contributed by atoms with E-state index in [0.717, 1.165) is 0 Å². The molecule has 0 bridgehead atoms. The average molecular weight is 284 g/mol. The van der Waals surface area contributed by atoms with E-state index in [1.165, 1.54) is 31.3 Å². The molecule has 1 aromatic carbocycles. The van der Waals surface area contributed by atoms with Crippen molar-refractivity contribution in [3.63, 3.8) is 0 Å². The van der Waals surface area contributed by atoms with Crippen LogP contribution in [0.25, 0.3) is 0 Å². The van der Waals surface area contributed by atoms with Crippen LogP contribution < -0.4 is 5.43 Å². The Morgan fingerprint density at radius 3 is 2.81 bits per heavy atom. The molecule has 0 aliphatic carbocycles.